The number of fused-ring (bicyclic) bond motifs is 2. The van der Waals surface area contributed by atoms with Gasteiger partial charge in [-0.05, 0) is 18.2 Å². The second kappa shape index (κ2) is 5.28. The van der Waals surface area contributed by atoms with Crippen molar-refractivity contribution in [2.45, 2.75) is 0 Å². The van der Waals surface area contributed by atoms with Crippen LogP contribution in [-0.4, -0.2) is 26.3 Å². The molecule has 2 aromatic rings. The predicted molar refractivity (Wildman–Crippen MR) is 81.2 cm³/mol. The van der Waals surface area contributed by atoms with Crippen LogP contribution in [0.4, 0.5) is 11.4 Å². The highest BCUT2D eigenvalue weighted by Gasteiger charge is 2.23. The van der Waals surface area contributed by atoms with Crippen LogP contribution in [0.25, 0.3) is 0 Å². The van der Waals surface area contributed by atoms with Crippen LogP contribution in [0.2, 0.25) is 0 Å². The van der Waals surface area contributed by atoms with E-state index in [1.807, 2.05) is 24.3 Å². The predicted octanol–water partition coefficient (Wildman–Crippen LogP) is 3.02. The summed E-state index contributed by atoms with van der Waals surface area (Å²) >= 11 is 0. The maximum absolute atomic E-state index is 12.5. The number of nitrogens with zero attached hydrogens (tertiary/aromatic N) is 1. The molecule has 0 unspecified atom stereocenters. The van der Waals surface area contributed by atoms with Crippen molar-refractivity contribution in [3.63, 3.8) is 0 Å². The first-order valence-corrected chi connectivity index (χ1v) is 6.44. The number of nitrogens with one attached hydrogen (secondary N) is 1. The van der Waals surface area contributed by atoms with Crippen molar-refractivity contribution in [1.29, 1.82) is 0 Å². The number of carbonyl (C=O) groups excluding carboxylic acids is 1. The first kappa shape index (κ1) is 13.2. The number of para-hydroxylation sites is 1. The van der Waals surface area contributed by atoms with Crippen molar-refractivity contribution < 1.29 is 14.3 Å². The molecule has 0 aromatic heterocycles. The molecule has 0 saturated heterocycles. The Morgan fingerprint density at radius 2 is 1.71 bits per heavy atom. The quantitative estimate of drug-likeness (QED) is 0.921. The van der Waals surface area contributed by atoms with Gasteiger partial charge in [-0.15, -0.1) is 0 Å². The summed E-state index contributed by atoms with van der Waals surface area (Å²) in [5.41, 5.74) is 2.37. The molecule has 2 aromatic carbocycles. The molecule has 5 heteroatoms. The van der Waals surface area contributed by atoms with Gasteiger partial charge in [0.1, 0.15) is 22.7 Å². The molecule has 0 fully saturated rings. The van der Waals surface area contributed by atoms with E-state index in [-0.39, 0.29) is 5.91 Å². The summed E-state index contributed by atoms with van der Waals surface area (Å²) in [6, 6.07) is 10.9. The molecule has 1 aliphatic heterocycles. The number of hydrogen-bond acceptors (Lipinski definition) is 4. The van der Waals surface area contributed by atoms with Gasteiger partial charge in [0, 0.05) is 17.5 Å². The third-order valence-corrected chi connectivity index (χ3v) is 3.31. The highest BCUT2D eigenvalue weighted by Crippen LogP contribution is 2.39. The van der Waals surface area contributed by atoms with Crippen LogP contribution >= 0.6 is 0 Å². The average Bonchev–Trinajstić information content (AvgIpc) is 2.51. The molecular weight excluding hydrogens is 268 g/mol. The van der Waals surface area contributed by atoms with Gasteiger partial charge in [-0.2, -0.15) is 0 Å². The zero-order chi connectivity index (χ0) is 14.8. The van der Waals surface area contributed by atoms with Gasteiger partial charge in [-0.25, -0.2) is 0 Å². The Hall–Kier alpha value is -2.82. The van der Waals surface area contributed by atoms with E-state index in [2.05, 4.69) is 10.3 Å². The molecule has 0 spiro atoms. The number of anilines is 1. The first-order valence-electron chi connectivity index (χ1n) is 6.44. The summed E-state index contributed by atoms with van der Waals surface area (Å²) in [6.45, 7) is 0. The van der Waals surface area contributed by atoms with Crippen molar-refractivity contribution in [2.24, 2.45) is 4.99 Å². The molecular formula is C16H14N2O3. The van der Waals surface area contributed by atoms with Crippen molar-refractivity contribution in [2.75, 3.05) is 19.5 Å². The largest absolute Gasteiger partial charge is 0.496 e. The number of amides is 1. The van der Waals surface area contributed by atoms with E-state index in [0.29, 0.717) is 28.4 Å². The van der Waals surface area contributed by atoms with E-state index >= 15 is 0 Å². The molecule has 5 nitrogen and oxygen atoms in total. The molecule has 1 aliphatic rings. The Bertz CT molecular complexity index is 738. The lowest BCUT2D eigenvalue weighted by atomic mass is 10.1. The summed E-state index contributed by atoms with van der Waals surface area (Å²) in [7, 11) is 3.06. The van der Waals surface area contributed by atoms with Gasteiger partial charge in [0.2, 0.25) is 0 Å². The minimum Gasteiger partial charge on any atom is -0.496 e. The highest BCUT2D eigenvalue weighted by molar-refractivity contribution is 6.13. The minimum absolute atomic E-state index is 0.273. The number of methoxy groups -OCH3 is 2. The molecule has 0 aliphatic carbocycles. The van der Waals surface area contributed by atoms with Crippen LogP contribution in [0.1, 0.15) is 15.9 Å². The number of benzene rings is 2. The first-order chi connectivity index (χ1) is 10.2. The van der Waals surface area contributed by atoms with Crippen LogP contribution in [-0.2, 0) is 0 Å². The summed E-state index contributed by atoms with van der Waals surface area (Å²) < 4.78 is 10.6. The smallest absolute Gasteiger partial charge is 0.261 e. The van der Waals surface area contributed by atoms with Crippen LogP contribution in [0, 0.1) is 0 Å². The van der Waals surface area contributed by atoms with E-state index in [0.717, 1.165) is 5.56 Å². The SMILES string of the molecule is COc1ccc(OC)c2c1N=Cc1ccccc1NC2=O. The van der Waals surface area contributed by atoms with Gasteiger partial charge in [0.15, 0.2) is 0 Å². The molecule has 1 amide bonds. The maximum Gasteiger partial charge on any atom is 0.261 e. The summed E-state index contributed by atoms with van der Waals surface area (Å²) in [5, 5.41) is 2.88. The zero-order valence-corrected chi connectivity index (χ0v) is 11.7. The Balaban J connectivity index is 2.26. The van der Waals surface area contributed by atoms with Crippen LogP contribution < -0.4 is 14.8 Å². The van der Waals surface area contributed by atoms with Gasteiger partial charge >= 0.3 is 0 Å². The van der Waals surface area contributed by atoms with Crippen molar-refractivity contribution >= 4 is 23.5 Å². The topological polar surface area (TPSA) is 59.9 Å². The standard InChI is InChI=1S/C16H14N2O3/c1-20-12-7-8-13(21-2)15-14(12)16(19)18-11-6-4-3-5-10(11)9-17-15/h3-9H,1-2H3,(H,18,19). The third-order valence-electron chi connectivity index (χ3n) is 3.31. The fourth-order valence-electron chi connectivity index (χ4n) is 2.28. The normalized spacial score (nSPS) is 12.6. The van der Waals surface area contributed by atoms with E-state index in [4.69, 9.17) is 9.47 Å². The summed E-state index contributed by atoms with van der Waals surface area (Å²) in [6.07, 6.45) is 1.70. The van der Waals surface area contributed by atoms with Gasteiger partial charge in [-0.3, -0.25) is 9.79 Å². The second-order valence-corrected chi connectivity index (χ2v) is 4.49. The monoisotopic (exact) mass is 282 g/mol. The Kier molecular flexibility index (Phi) is 3.31. The number of carbonyl (C=O) groups is 1. The molecule has 1 heterocycles. The highest BCUT2D eigenvalue weighted by atomic mass is 16.5. The van der Waals surface area contributed by atoms with Gasteiger partial charge in [0.05, 0.1) is 14.2 Å². The lowest BCUT2D eigenvalue weighted by Gasteiger charge is -2.17. The van der Waals surface area contributed by atoms with E-state index in [1.54, 1.807) is 25.5 Å². The summed E-state index contributed by atoms with van der Waals surface area (Å²) in [4.78, 5) is 17.0. The summed E-state index contributed by atoms with van der Waals surface area (Å²) in [5.74, 6) is 0.710. The minimum atomic E-state index is -0.273. The lowest BCUT2D eigenvalue weighted by molar-refractivity contribution is 0.102. The maximum atomic E-state index is 12.5. The van der Waals surface area contributed by atoms with E-state index < -0.39 is 0 Å². The number of ether oxygens (including phenoxy) is 2. The fraction of sp³-hybridized carbons (Fsp3) is 0.125. The van der Waals surface area contributed by atoms with Crippen LogP contribution in [0.3, 0.4) is 0 Å². The molecule has 0 radical (unpaired) electrons. The molecule has 0 saturated carbocycles. The Labute approximate surface area is 122 Å². The fourth-order valence-corrected chi connectivity index (χ4v) is 2.28. The van der Waals surface area contributed by atoms with E-state index in [9.17, 15) is 4.79 Å². The number of rotatable bonds is 2. The number of hydrogen-bond donors (Lipinski definition) is 1. The number of aliphatic imine (C=N–C) groups is 1. The molecule has 1 N–H and O–H groups in total. The van der Waals surface area contributed by atoms with Gasteiger partial charge in [0.25, 0.3) is 5.91 Å². The molecule has 0 atom stereocenters. The zero-order valence-electron chi connectivity index (χ0n) is 11.7. The van der Waals surface area contributed by atoms with Gasteiger partial charge in [-0.1, -0.05) is 18.2 Å². The third kappa shape index (κ3) is 2.23. The molecule has 106 valence electrons. The molecule has 0 bridgehead atoms. The lowest BCUT2D eigenvalue weighted by Crippen LogP contribution is -2.16. The Morgan fingerprint density at radius 1 is 1.00 bits per heavy atom. The van der Waals surface area contributed by atoms with Crippen LogP contribution in [0.15, 0.2) is 41.4 Å². The van der Waals surface area contributed by atoms with Crippen molar-refractivity contribution in [1.82, 2.24) is 0 Å². The van der Waals surface area contributed by atoms with E-state index in [1.165, 1.54) is 7.11 Å². The van der Waals surface area contributed by atoms with Crippen LogP contribution in [0.5, 0.6) is 11.5 Å². The van der Waals surface area contributed by atoms with Crippen molar-refractivity contribution in [3.8, 4) is 11.5 Å². The average molecular weight is 282 g/mol. The van der Waals surface area contributed by atoms with Gasteiger partial charge < -0.3 is 14.8 Å². The Morgan fingerprint density at radius 3 is 2.48 bits per heavy atom. The second-order valence-electron chi connectivity index (χ2n) is 4.49. The molecule has 21 heavy (non-hydrogen) atoms. The molecule has 3 rings (SSSR count). The van der Waals surface area contributed by atoms with Crippen molar-refractivity contribution in [3.05, 3.63) is 47.5 Å².